The van der Waals surface area contributed by atoms with Gasteiger partial charge in [0.05, 0.1) is 6.04 Å². The lowest BCUT2D eigenvalue weighted by Crippen LogP contribution is -2.46. The third-order valence-corrected chi connectivity index (χ3v) is 2.01. The summed E-state index contributed by atoms with van der Waals surface area (Å²) in [6, 6.07) is -0.435. The van der Waals surface area contributed by atoms with E-state index in [9.17, 15) is 4.79 Å². The lowest BCUT2D eigenvalue weighted by Gasteiger charge is -2.24. The molecule has 0 aliphatic rings. The third-order valence-electron chi connectivity index (χ3n) is 2.01. The zero-order valence-electron chi connectivity index (χ0n) is 9.07. The average Bonchev–Trinajstić information content (AvgIpc) is 2.15. The Kier molecular flexibility index (Phi) is 5.88. The molecule has 0 bridgehead atoms. The molecule has 14 heavy (non-hydrogen) atoms. The van der Waals surface area contributed by atoms with Gasteiger partial charge >= 0.3 is 0 Å². The summed E-state index contributed by atoms with van der Waals surface area (Å²) in [5, 5.41) is 0. The Balaban J connectivity index is 4.40. The van der Waals surface area contributed by atoms with Crippen LogP contribution in [0.3, 0.4) is 0 Å². The van der Waals surface area contributed by atoms with Crippen molar-refractivity contribution in [2.45, 2.75) is 19.9 Å². The highest BCUT2D eigenvalue weighted by Crippen LogP contribution is 2.03. The van der Waals surface area contributed by atoms with Crippen LogP contribution in [-0.2, 0) is 4.79 Å². The number of hydrogen-bond donors (Lipinski definition) is 1. The molecular formula is C11H20N2O. The van der Waals surface area contributed by atoms with E-state index in [4.69, 9.17) is 5.73 Å². The minimum absolute atomic E-state index is 0.0419. The maximum absolute atomic E-state index is 11.8. The molecular weight excluding hydrogens is 176 g/mol. The molecule has 3 heteroatoms. The summed E-state index contributed by atoms with van der Waals surface area (Å²) in [6.07, 6.45) is 3.38. The molecule has 0 spiro atoms. The SMILES string of the molecule is C=CCN(CC=C)C(=O)[C@H](N)C(C)C. The number of amides is 1. The number of nitrogens with zero attached hydrogens (tertiary/aromatic N) is 1. The van der Waals surface area contributed by atoms with E-state index in [2.05, 4.69) is 13.2 Å². The molecule has 0 unspecified atom stereocenters. The van der Waals surface area contributed by atoms with Crippen molar-refractivity contribution in [3.63, 3.8) is 0 Å². The van der Waals surface area contributed by atoms with Crippen LogP contribution in [0.1, 0.15) is 13.8 Å². The molecule has 0 aliphatic carbocycles. The van der Waals surface area contributed by atoms with Gasteiger partial charge in [-0.3, -0.25) is 4.79 Å². The first-order valence-electron chi connectivity index (χ1n) is 4.80. The molecule has 0 aromatic carbocycles. The molecule has 2 N–H and O–H groups in total. The van der Waals surface area contributed by atoms with Crippen LogP contribution in [0.4, 0.5) is 0 Å². The van der Waals surface area contributed by atoms with Gasteiger partial charge in [0.15, 0.2) is 0 Å². The van der Waals surface area contributed by atoms with E-state index in [-0.39, 0.29) is 11.8 Å². The molecule has 80 valence electrons. The van der Waals surface area contributed by atoms with Gasteiger partial charge in [-0.05, 0) is 5.92 Å². The van der Waals surface area contributed by atoms with Gasteiger partial charge in [0.25, 0.3) is 0 Å². The first kappa shape index (κ1) is 12.9. The van der Waals surface area contributed by atoms with E-state index in [1.165, 1.54) is 0 Å². The maximum Gasteiger partial charge on any atom is 0.240 e. The molecule has 1 atom stereocenters. The smallest absolute Gasteiger partial charge is 0.240 e. The fourth-order valence-corrected chi connectivity index (χ4v) is 1.06. The molecule has 0 aromatic rings. The largest absolute Gasteiger partial charge is 0.334 e. The molecule has 0 rings (SSSR count). The van der Waals surface area contributed by atoms with Gasteiger partial charge in [0.1, 0.15) is 0 Å². The van der Waals surface area contributed by atoms with E-state index >= 15 is 0 Å². The topological polar surface area (TPSA) is 46.3 Å². The van der Waals surface area contributed by atoms with Crippen molar-refractivity contribution in [1.82, 2.24) is 4.90 Å². The standard InChI is InChI=1S/C11H20N2O/c1-5-7-13(8-6-2)11(14)10(12)9(3)4/h5-6,9-10H,1-2,7-8,12H2,3-4H3/t10-/m1/s1. The van der Waals surface area contributed by atoms with E-state index in [1.807, 2.05) is 13.8 Å². The first-order chi connectivity index (χ1) is 6.54. The van der Waals surface area contributed by atoms with Crippen LogP contribution in [0, 0.1) is 5.92 Å². The predicted molar refractivity (Wildman–Crippen MR) is 59.8 cm³/mol. The monoisotopic (exact) mass is 196 g/mol. The number of rotatable bonds is 6. The number of carbonyl (C=O) groups excluding carboxylic acids is 1. The quantitative estimate of drug-likeness (QED) is 0.648. The Morgan fingerprint density at radius 3 is 2.07 bits per heavy atom. The molecule has 0 aromatic heterocycles. The number of nitrogens with two attached hydrogens (primary N) is 1. The molecule has 0 saturated carbocycles. The number of hydrogen-bond acceptors (Lipinski definition) is 2. The highest BCUT2D eigenvalue weighted by Gasteiger charge is 2.21. The highest BCUT2D eigenvalue weighted by atomic mass is 16.2. The number of carbonyl (C=O) groups is 1. The Labute approximate surface area is 86.3 Å². The van der Waals surface area contributed by atoms with Gasteiger partial charge in [-0.1, -0.05) is 26.0 Å². The second kappa shape index (κ2) is 6.38. The van der Waals surface area contributed by atoms with Crippen LogP contribution in [0.25, 0.3) is 0 Å². The van der Waals surface area contributed by atoms with Crippen LogP contribution in [0.15, 0.2) is 25.3 Å². The van der Waals surface area contributed by atoms with E-state index < -0.39 is 6.04 Å². The Bertz CT molecular complexity index is 201. The van der Waals surface area contributed by atoms with Crippen molar-refractivity contribution in [2.24, 2.45) is 11.7 Å². The molecule has 0 heterocycles. The second-order valence-electron chi connectivity index (χ2n) is 3.59. The van der Waals surface area contributed by atoms with Gasteiger partial charge < -0.3 is 10.6 Å². The lowest BCUT2D eigenvalue weighted by atomic mass is 10.0. The third kappa shape index (κ3) is 3.75. The molecule has 1 amide bonds. The maximum atomic E-state index is 11.8. The minimum atomic E-state index is -0.435. The highest BCUT2D eigenvalue weighted by molar-refractivity contribution is 5.82. The fourth-order valence-electron chi connectivity index (χ4n) is 1.06. The Hall–Kier alpha value is -1.09. The second-order valence-corrected chi connectivity index (χ2v) is 3.59. The van der Waals surface area contributed by atoms with Gasteiger partial charge in [0.2, 0.25) is 5.91 Å². The predicted octanol–water partition coefficient (Wildman–Crippen LogP) is 1.17. The van der Waals surface area contributed by atoms with E-state index in [1.54, 1.807) is 17.1 Å². The lowest BCUT2D eigenvalue weighted by molar-refractivity contribution is -0.132. The van der Waals surface area contributed by atoms with Crippen LogP contribution in [-0.4, -0.2) is 29.9 Å². The Morgan fingerprint density at radius 1 is 1.36 bits per heavy atom. The van der Waals surface area contributed by atoms with Crippen LogP contribution >= 0.6 is 0 Å². The summed E-state index contributed by atoms with van der Waals surface area (Å²) in [4.78, 5) is 13.4. The van der Waals surface area contributed by atoms with E-state index in [0.29, 0.717) is 13.1 Å². The zero-order valence-corrected chi connectivity index (χ0v) is 9.07. The van der Waals surface area contributed by atoms with Crippen molar-refractivity contribution in [3.05, 3.63) is 25.3 Å². The van der Waals surface area contributed by atoms with Crippen molar-refractivity contribution in [2.75, 3.05) is 13.1 Å². The van der Waals surface area contributed by atoms with Crippen LogP contribution < -0.4 is 5.73 Å². The molecule has 0 radical (unpaired) electrons. The van der Waals surface area contributed by atoms with Gasteiger partial charge in [-0.25, -0.2) is 0 Å². The van der Waals surface area contributed by atoms with Crippen molar-refractivity contribution in [3.8, 4) is 0 Å². The summed E-state index contributed by atoms with van der Waals surface area (Å²) < 4.78 is 0. The van der Waals surface area contributed by atoms with Gasteiger partial charge in [-0.15, -0.1) is 13.2 Å². The molecule has 0 aliphatic heterocycles. The Morgan fingerprint density at radius 2 is 1.79 bits per heavy atom. The van der Waals surface area contributed by atoms with Crippen molar-refractivity contribution >= 4 is 5.91 Å². The summed E-state index contributed by atoms with van der Waals surface area (Å²) in [6.45, 7) is 12.1. The van der Waals surface area contributed by atoms with Gasteiger partial charge in [-0.2, -0.15) is 0 Å². The normalized spacial score (nSPS) is 12.3. The molecule has 0 fully saturated rings. The van der Waals surface area contributed by atoms with Gasteiger partial charge in [0, 0.05) is 13.1 Å². The summed E-state index contributed by atoms with van der Waals surface area (Å²) in [5.74, 6) is 0.111. The van der Waals surface area contributed by atoms with Crippen molar-refractivity contribution < 1.29 is 4.79 Å². The van der Waals surface area contributed by atoms with E-state index in [0.717, 1.165) is 0 Å². The minimum Gasteiger partial charge on any atom is -0.334 e. The average molecular weight is 196 g/mol. The van der Waals surface area contributed by atoms with Crippen molar-refractivity contribution in [1.29, 1.82) is 0 Å². The first-order valence-corrected chi connectivity index (χ1v) is 4.80. The van der Waals surface area contributed by atoms with Crippen LogP contribution in [0.5, 0.6) is 0 Å². The summed E-state index contributed by atoms with van der Waals surface area (Å²) in [7, 11) is 0. The molecule has 3 nitrogen and oxygen atoms in total. The fraction of sp³-hybridized carbons (Fsp3) is 0.545. The zero-order chi connectivity index (χ0) is 11.1. The molecule has 0 saturated heterocycles. The summed E-state index contributed by atoms with van der Waals surface area (Å²) in [5.41, 5.74) is 5.76. The summed E-state index contributed by atoms with van der Waals surface area (Å²) >= 11 is 0. The van der Waals surface area contributed by atoms with Crippen LogP contribution in [0.2, 0.25) is 0 Å².